The van der Waals surface area contributed by atoms with Gasteiger partial charge in [0.15, 0.2) is 0 Å². The summed E-state index contributed by atoms with van der Waals surface area (Å²) in [6.45, 7) is 0. The van der Waals surface area contributed by atoms with E-state index in [1.807, 2.05) is 0 Å². The molecular weight excluding hydrogens is 329 g/mol. The van der Waals surface area contributed by atoms with Crippen molar-refractivity contribution in [2.24, 2.45) is 5.10 Å². The summed E-state index contributed by atoms with van der Waals surface area (Å²) in [6.07, 6.45) is 1.31. The third-order valence-electron chi connectivity index (χ3n) is 3.13. The Labute approximate surface area is 143 Å². The molecule has 2 aromatic rings. The van der Waals surface area contributed by atoms with Gasteiger partial charge in [0.05, 0.1) is 26.0 Å². The first-order valence-electron chi connectivity index (χ1n) is 7.16. The summed E-state index contributed by atoms with van der Waals surface area (Å²) in [4.78, 5) is 23.5. The van der Waals surface area contributed by atoms with E-state index in [1.165, 1.54) is 44.7 Å². The summed E-state index contributed by atoms with van der Waals surface area (Å²) in [6, 6.07) is 10.1. The summed E-state index contributed by atoms with van der Waals surface area (Å²) in [5, 5.41) is 6.05. The molecule has 0 fully saturated rings. The van der Waals surface area contributed by atoms with Gasteiger partial charge in [-0.1, -0.05) is 6.07 Å². The minimum atomic E-state index is -0.977. The highest BCUT2D eigenvalue weighted by atomic mass is 19.1. The van der Waals surface area contributed by atoms with Crippen LogP contribution in [0.2, 0.25) is 0 Å². The molecule has 0 spiro atoms. The lowest BCUT2D eigenvalue weighted by atomic mass is 10.2. The largest absolute Gasteiger partial charge is 0.496 e. The van der Waals surface area contributed by atoms with Crippen LogP contribution in [-0.2, 0) is 9.59 Å². The fourth-order valence-corrected chi connectivity index (χ4v) is 1.93. The van der Waals surface area contributed by atoms with E-state index < -0.39 is 17.6 Å². The molecule has 7 nitrogen and oxygen atoms in total. The van der Waals surface area contributed by atoms with Crippen LogP contribution in [0.1, 0.15) is 5.56 Å². The van der Waals surface area contributed by atoms with Gasteiger partial charge >= 0.3 is 11.8 Å². The van der Waals surface area contributed by atoms with Gasteiger partial charge in [-0.15, -0.1) is 0 Å². The van der Waals surface area contributed by atoms with Gasteiger partial charge in [0, 0.05) is 5.69 Å². The Bertz CT molecular complexity index is 769. The van der Waals surface area contributed by atoms with Crippen LogP contribution in [0.3, 0.4) is 0 Å². The number of nitrogens with zero attached hydrogens (tertiary/aromatic N) is 1. The van der Waals surface area contributed by atoms with Gasteiger partial charge in [-0.05, 0) is 36.4 Å². The molecule has 25 heavy (non-hydrogen) atoms. The fraction of sp³-hybridized carbons (Fsp3) is 0.118. The van der Waals surface area contributed by atoms with Crippen molar-refractivity contribution in [3.8, 4) is 11.5 Å². The molecule has 0 aliphatic rings. The molecule has 0 saturated heterocycles. The molecule has 2 amide bonds. The van der Waals surface area contributed by atoms with Gasteiger partial charge in [-0.2, -0.15) is 5.10 Å². The summed E-state index contributed by atoms with van der Waals surface area (Å²) in [5.41, 5.74) is 2.89. The van der Waals surface area contributed by atoms with E-state index in [1.54, 1.807) is 18.2 Å². The average molecular weight is 345 g/mol. The molecule has 0 aliphatic carbocycles. The maximum absolute atomic E-state index is 12.8. The van der Waals surface area contributed by atoms with Crippen molar-refractivity contribution >= 4 is 23.7 Å². The SMILES string of the molecule is COc1cccc(OC)c1/C=N\NC(=O)C(=O)Nc1ccc(F)cc1. The first-order chi connectivity index (χ1) is 12.0. The van der Waals surface area contributed by atoms with Crippen LogP contribution in [0.25, 0.3) is 0 Å². The number of methoxy groups -OCH3 is 2. The normalized spacial score (nSPS) is 10.4. The molecular formula is C17H16FN3O4. The highest BCUT2D eigenvalue weighted by Crippen LogP contribution is 2.25. The van der Waals surface area contributed by atoms with Gasteiger partial charge in [0.2, 0.25) is 0 Å². The van der Waals surface area contributed by atoms with Gasteiger partial charge in [-0.3, -0.25) is 9.59 Å². The monoisotopic (exact) mass is 345 g/mol. The average Bonchev–Trinajstić information content (AvgIpc) is 2.63. The zero-order valence-electron chi connectivity index (χ0n) is 13.6. The van der Waals surface area contributed by atoms with Gasteiger partial charge in [-0.25, -0.2) is 9.82 Å². The van der Waals surface area contributed by atoms with Crippen LogP contribution in [0.5, 0.6) is 11.5 Å². The van der Waals surface area contributed by atoms with E-state index in [0.29, 0.717) is 17.1 Å². The number of ether oxygens (including phenoxy) is 2. The Hall–Kier alpha value is -3.42. The van der Waals surface area contributed by atoms with Crippen LogP contribution in [0.15, 0.2) is 47.6 Å². The molecule has 0 unspecified atom stereocenters. The van der Waals surface area contributed by atoms with E-state index in [2.05, 4.69) is 15.8 Å². The lowest BCUT2D eigenvalue weighted by Gasteiger charge is -2.09. The second-order valence-electron chi connectivity index (χ2n) is 4.74. The molecule has 8 heteroatoms. The third-order valence-corrected chi connectivity index (χ3v) is 3.13. The second kappa shape index (κ2) is 8.44. The van der Waals surface area contributed by atoms with Crippen molar-refractivity contribution in [2.75, 3.05) is 19.5 Å². The first-order valence-corrected chi connectivity index (χ1v) is 7.16. The number of anilines is 1. The van der Waals surface area contributed by atoms with Gasteiger partial charge < -0.3 is 14.8 Å². The van der Waals surface area contributed by atoms with Crippen molar-refractivity contribution in [1.82, 2.24) is 5.43 Å². The van der Waals surface area contributed by atoms with Gasteiger partial charge in [0.25, 0.3) is 0 Å². The molecule has 2 aromatic carbocycles. The zero-order chi connectivity index (χ0) is 18.2. The lowest BCUT2D eigenvalue weighted by Crippen LogP contribution is -2.32. The van der Waals surface area contributed by atoms with Crippen molar-refractivity contribution in [1.29, 1.82) is 0 Å². The van der Waals surface area contributed by atoms with Crippen molar-refractivity contribution in [3.63, 3.8) is 0 Å². The number of benzene rings is 2. The highest BCUT2D eigenvalue weighted by molar-refractivity contribution is 6.39. The summed E-state index contributed by atoms with van der Waals surface area (Å²) in [5.74, 6) is -1.37. The van der Waals surface area contributed by atoms with E-state index in [4.69, 9.17) is 9.47 Å². The Balaban J connectivity index is 2.00. The number of carbonyl (C=O) groups is 2. The van der Waals surface area contributed by atoms with Crippen molar-refractivity contribution in [2.45, 2.75) is 0 Å². The maximum Gasteiger partial charge on any atom is 0.329 e. The number of rotatable bonds is 5. The Morgan fingerprint density at radius 1 is 1.00 bits per heavy atom. The number of hydrogen-bond donors (Lipinski definition) is 2. The molecule has 2 rings (SSSR count). The summed E-state index contributed by atoms with van der Waals surface area (Å²) >= 11 is 0. The smallest absolute Gasteiger partial charge is 0.329 e. The number of hydrazone groups is 1. The Kier molecular flexibility index (Phi) is 6.05. The molecule has 0 aromatic heterocycles. The highest BCUT2D eigenvalue weighted by Gasteiger charge is 2.13. The minimum absolute atomic E-state index is 0.289. The molecule has 130 valence electrons. The number of hydrogen-bond acceptors (Lipinski definition) is 5. The van der Waals surface area contributed by atoms with Crippen molar-refractivity contribution < 1.29 is 23.5 Å². The predicted octanol–water partition coefficient (Wildman–Crippen LogP) is 1.93. The first kappa shape index (κ1) is 17.9. The van der Waals surface area contributed by atoms with Gasteiger partial charge in [0.1, 0.15) is 17.3 Å². The van der Waals surface area contributed by atoms with E-state index in [0.717, 1.165) is 0 Å². The second-order valence-corrected chi connectivity index (χ2v) is 4.74. The topological polar surface area (TPSA) is 89.0 Å². The summed E-state index contributed by atoms with van der Waals surface area (Å²) < 4.78 is 23.2. The molecule has 2 N–H and O–H groups in total. The Morgan fingerprint density at radius 3 is 2.16 bits per heavy atom. The molecule has 0 atom stereocenters. The standard InChI is InChI=1S/C17H16FN3O4/c1-24-14-4-3-5-15(25-2)13(14)10-19-21-17(23)16(22)20-12-8-6-11(18)7-9-12/h3-10H,1-2H3,(H,20,22)(H,21,23)/b19-10-. The predicted molar refractivity (Wildman–Crippen MR) is 90.3 cm³/mol. The van der Waals surface area contributed by atoms with Crippen molar-refractivity contribution in [3.05, 3.63) is 53.8 Å². The van der Waals surface area contributed by atoms with Crippen LogP contribution < -0.4 is 20.2 Å². The molecule has 0 aliphatic heterocycles. The van der Waals surface area contributed by atoms with Crippen LogP contribution >= 0.6 is 0 Å². The van der Waals surface area contributed by atoms with Crippen LogP contribution in [0.4, 0.5) is 10.1 Å². The van der Waals surface area contributed by atoms with E-state index in [-0.39, 0.29) is 5.69 Å². The molecule has 0 radical (unpaired) electrons. The Morgan fingerprint density at radius 2 is 1.60 bits per heavy atom. The number of amides is 2. The molecule has 0 heterocycles. The number of nitrogens with one attached hydrogen (secondary N) is 2. The van der Waals surface area contributed by atoms with Crippen LogP contribution in [-0.4, -0.2) is 32.2 Å². The maximum atomic E-state index is 12.8. The quantitative estimate of drug-likeness (QED) is 0.492. The van der Waals surface area contributed by atoms with Crippen LogP contribution in [0, 0.1) is 5.82 Å². The lowest BCUT2D eigenvalue weighted by molar-refractivity contribution is -0.136. The summed E-state index contributed by atoms with van der Waals surface area (Å²) in [7, 11) is 2.97. The molecule has 0 saturated carbocycles. The third kappa shape index (κ3) is 4.77. The fourth-order valence-electron chi connectivity index (χ4n) is 1.93. The number of carbonyl (C=O) groups excluding carboxylic acids is 2. The van der Waals surface area contributed by atoms with E-state index >= 15 is 0 Å². The molecule has 0 bridgehead atoms. The van der Waals surface area contributed by atoms with E-state index in [9.17, 15) is 14.0 Å². The zero-order valence-corrected chi connectivity index (χ0v) is 13.6. The number of halogens is 1. The minimum Gasteiger partial charge on any atom is -0.496 e.